The molecule has 0 aliphatic heterocycles. The Morgan fingerprint density at radius 3 is 2.79 bits per heavy atom. The summed E-state index contributed by atoms with van der Waals surface area (Å²) in [6.45, 7) is 4.50. The number of hydrogen-bond acceptors (Lipinski definition) is 6. The molecule has 1 fully saturated rings. The van der Waals surface area contributed by atoms with Crippen molar-refractivity contribution in [3.63, 3.8) is 0 Å². The summed E-state index contributed by atoms with van der Waals surface area (Å²) in [5, 5.41) is 14.1. The van der Waals surface area contributed by atoms with Crippen LogP contribution in [0.3, 0.4) is 0 Å². The lowest BCUT2D eigenvalue weighted by molar-refractivity contribution is -0.385. The summed E-state index contributed by atoms with van der Waals surface area (Å²) in [5.74, 6) is 1.57. The van der Waals surface area contributed by atoms with E-state index < -0.39 is 4.92 Å². The van der Waals surface area contributed by atoms with Crippen molar-refractivity contribution in [2.24, 2.45) is 11.8 Å². The molecule has 0 saturated heterocycles. The first-order valence-electron chi connectivity index (χ1n) is 6.49. The van der Waals surface area contributed by atoms with Crippen molar-refractivity contribution in [3.05, 3.63) is 15.8 Å². The van der Waals surface area contributed by atoms with Gasteiger partial charge in [0, 0.05) is 6.54 Å². The van der Waals surface area contributed by atoms with Crippen LogP contribution in [0.5, 0.6) is 0 Å². The summed E-state index contributed by atoms with van der Waals surface area (Å²) in [4.78, 5) is 18.4. The molecule has 0 aromatic carbocycles. The Labute approximate surface area is 111 Å². The fourth-order valence-corrected chi connectivity index (χ4v) is 2.68. The van der Waals surface area contributed by atoms with E-state index in [0.717, 1.165) is 18.8 Å². The molecule has 7 nitrogen and oxygen atoms in total. The van der Waals surface area contributed by atoms with Crippen molar-refractivity contribution < 1.29 is 4.92 Å². The number of rotatable bonds is 4. The Bertz CT molecular complexity index is 491. The SMILES string of the molecule is Cc1nc(N)nc(NCC2CCC(C)C2)c1[N+](=O)[O-]. The molecule has 7 heteroatoms. The minimum atomic E-state index is -0.464. The molecule has 3 N–H and O–H groups in total. The molecule has 0 bridgehead atoms. The Morgan fingerprint density at radius 1 is 1.47 bits per heavy atom. The quantitative estimate of drug-likeness (QED) is 0.637. The van der Waals surface area contributed by atoms with Gasteiger partial charge in [0.25, 0.3) is 0 Å². The van der Waals surface area contributed by atoms with Crippen LogP contribution in [-0.2, 0) is 0 Å². The van der Waals surface area contributed by atoms with E-state index in [9.17, 15) is 10.1 Å². The smallest absolute Gasteiger partial charge is 0.332 e. The number of nitrogen functional groups attached to an aromatic ring is 1. The predicted octanol–water partition coefficient (Wildman–Crippen LogP) is 2.12. The molecule has 0 radical (unpaired) electrons. The third-order valence-electron chi connectivity index (χ3n) is 3.62. The molecule has 2 unspecified atom stereocenters. The lowest BCUT2D eigenvalue weighted by atomic mass is 10.1. The van der Waals surface area contributed by atoms with Crippen molar-refractivity contribution in [1.82, 2.24) is 9.97 Å². The normalized spacial score (nSPS) is 22.4. The number of nitrogens with two attached hydrogens (primary N) is 1. The third-order valence-corrected chi connectivity index (χ3v) is 3.62. The molecular weight excluding hydrogens is 246 g/mol. The molecule has 0 spiro atoms. The Morgan fingerprint density at radius 2 is 2.21 bits per heavy atom. The Hall–Kier alpha value is -1.92. The molecule has 104 valence electrons. The molecule has 1 saturated carbocycles. The van der Waals surface area contributed by atoms with Crippen LogP contribution in [0.15, 0.2) is 0 Å². The van der Waals surface area contributed by atoms with Gasteiger partial charge in [-0.2, -0.15) is 4.98 Å². The lowest BCUT2D eigenvalue weighted by Gasteiger charge is -2.12. The number of hydrogen-bond donors (Lipinski definition) is 2. The molecule has 2 atom stereocenters. The standard InChI is InChI=1S/C12H19N5O2/c1-7-3-4-9(5-7)6-14-11-10(17(18)19)8(2)15-12(13)16-11/h7,9H,3-6H2,1-2H3,(H3,13,14,15,16). The average molecular weight is 265 g/mol. The van der Waals surface area contributed by atoms with Crippen LogP contribution in [0.4, 0.5) is 17.5 Å². The van der Waals surface area contributed by atoms with Crippen molar-refractivity contribution in [1.29, 1.82) is 0 Å². The maximum Gasteiger partial charge on any atom is 0.332 e. The van der Waals surface area contributed by atoms with Crippen LogP contribution in [0.2, 0.25) is 0 Å². The molecule has 2 rings (SSSR count). The van der Waals surface area contributed by atoms with Gasteiger partial charge in [0.2, 0.25) is 11.8 Å². The summed E-state index contributed by atoms with van der Waals surface area (Å²) < 4.78 is 0. The average Bonchev–Trinajstić information content (AvgIpc) is 2.71. The number of aryl methyl sites for hydroxylation is 1. The lowest BCUT2D eigenvalue weighted by Crippen LogP contribution is -2.15. The van der Waals surface area contributed by atoms with Gasteiger partial charge in [0.05, 0.1) is 4.92 Å². The third kappa shape index (κ3) is 3.10. The first-order chi connectivity index (χ1) is 8.97. The zero-order valence-corrected chi connectivity index (χ0v) is 11.2. The van der Waals surface area contributed by atoms with Crippen LogP contribution in [-0.4, -0.2) is 21.4 Å². The number of aromatic nitrogens is 2. The molecule has 1 aromatic heterocycles. The maximum atomic E-state index is 11.0. The zero-order valence-electron chi connectivity index (χ0n) is 11.2. The highest BCUT2D eigenvalue weighted by Crippen LogP contribution is 2.31. The summed E-state index contributed by atoms with van der Waals surface area (Å²) in [5.41, 5.74) is 5.76. The minimum absolute atomic E-state index is 0.0605. The van der Waals surface area contributed by atoms with Crippen LogP contribution in [0.1, 0.15) is 31.9 Å². The van der Waals surface area contributed by atoms with Gasteiger partial charge in [-0.15, -0.1) is 0 Å². The van der Waals surface area contributed by atoms with E-state index in [4.69, 9.17) is 5.73 Å². The van der Waals surface area contributed by atoms with Gasteiger partial charge in [0.15, 0.2) is 0 Å². The Kier molecular flexibility index (Phi) is 3.82. The molecular formula is C12H19N5O2. The van der Waals surface area contributed by atoms with Crippen LogP contribution in [0.25, 0.3) is 0 Å². The van der Waals surface area contributed by atoms with Gasteiger partial charge in [-0.05, 0) is 31.6 Å². The molecule has 1 aliphatic carbocycles. The fourth-order valence-electron chi connectivity index (χ4n) is 2.68. The van der Waals surface area contributed by atoms with E-state index in [0.29, 0.717) is 18.2 Å². The highest BCUT2D eigenvalue weighted by Gasteiger charge is 2.24. The van der Waals surface area contributed by atoms with E-state index >= 15 is 0 Å². The van der Waals surface area contributed by atoms with Gasteiger partial charge >= 0.3 is 5.69 Å². The number of nitrogens with one attached hydrogen (secondary N) is 1. The fraction of sp³-hybridized carbons (Fsp3) is 0.667. The number of nitro groups is 1. The summed E-state index contributed by atoms with van der Waals surface area (Å²) in [6.07, 6.45) is 3.53. The van der Waals surface area contributed by atoms with Crippen molar-refractivity contribution in [2.45, 2.75) is 33.1 Å². The second-order valence-corrected chi connectivity index (χ2v) is 5.29. The first-order valence-corrected chi connectivity index (χ1v) is 6.49. The van der Waals surface area contributed by atoms with Gasteiger partial charge in [-0.3, -0.25) is 10.1 Å². The van der Waals surface area contributed by atoms with Crippen LogP contribution >= 0.6 is 0 Å². The molecule has 1 aromatic rings. The van der Waals surface area contributed by atoms with Gasteiger partial charge in [0.1, 0.15) is 5.69 Å². The van der Waals surface area contributed by atoms with Crippen LogP contribution in [0, 0.1) is 28.9 Å². The highest BCUT2D eigenvalue weighted by molar-refractivity contribution is 5.60. The van der Waals surface area contributed by atoms with E-state index in [-0.39, 0.29) is 17.5 Å². The number of anilines is 2. The first kappa shape index (κ1) is 13.5. The summed E-state index contributed by atoms with van der Waals surface area (Å²) >= 11 is 0. The molecule has 1 aliphatic rings. The minimum Gasteiger partial charge on any atom is -0.368 e. The van der Waals surface area contributed by atoms with Crippen molar-refractivity contribution in [2.75, 3.05) is 17.6 Å². The largest absolute Gasteiger partial charge is 0.368 e. The monoisotopic (exact) mass is 265 g/mol. The molecule has 1 heterocycles. The van der Waals surface area contributed by atoms with E-state index in [2.05, 4.69) is 22.2 Å². The summed E-state index contributed by atoms with van der Waals surface area (Å²) in [6, 6.07) is 0. The maximum absolute atomic E-state index is 11.0. The van der Waals surface area contributed by atoms with Gasteiger partial charge in [-0.25, -0.2) is 4.98 Å². The van der Waals surface area contributed by atoms with E-state index in [1.165, 1.54) is 6.42 Å². The van der Waals surface area contributed by atoms with Gasteiger partial charge in [-0.1, -0.05) is 13.3 Å². The second-order valence-electron chi connectivity index (χ2n) is 5.29. The van der Waals surface area contributed by atoms with Gasteiger partial charge < -0.3 is 11.1 Å². The molecule has 19 heavy (non-hydrogen) atoms. The van der Waals surface area contributed by atoms with E-state index in [1.54, 1.807) is 6.92 Å². The van der Waals surface area contributed by atoms with E-state index in [1.807, 2.05) is 0 Å². The predicted molar refractivity (Wildman–Crippen MR) is 72.8 cm³/mol. The second kappa shape index (κ2) is 5.38. The van der Waals surface area contributed by atoms with Crippen molar-refractivity contribution in [3.8, 4) is 0 Å². The number of nitrogens with zero attached hydrogens (tertiary/aromatic N) is 3. The Balaban J connectivity index is 2.12. The topological polar surface area (TPSA) is 107 Å². The molecule has 0 amide bonds. The highest BCUT2D eigenvalue weighted by atomic mass is 16.6. The zero-order chi connectivity index (χ0) is 14.0. The van der Waals surface area contributed by atoms with Crippen molar-refractivity contribution >= 4 is 17.5 Å². The summed E-state index contributed by atoms with van der Waals surface area (Å²) in [7, 11) is 0. The van der Waals surface area contributed by atoms with Crippen LogP contribution < -0.4 is 11.1 Å².